The van der Waals surface area contributed by atoms with Gasteiger partial charge in [-0.1, -0.05) is 0 Å². The fourth-order valence-electron chi connectivity index (χ4n) is 1.12. The standard InChI is InChI=1S/C10H13I2N/c1-7(13)2-3-8-6-9(11)4-5-10(8)12/h4-7H,2-3,13H2,1H3. The molecule has 13 heavy (non-hydrogen) atoms. The molecule has 0 fully saturated rings. The van der Waals surface area contributed by atoms with Crippen molar-refractivity contribution in [3.63, 3.8) is 0 Å². The molecular weight excluding hydrogens is 388 g/mol. The van der Waals surface area contributed by atoms with Crippen LogP contribution in [0, 0.1) is 7.14 Å². The van der Waals surface area contributed by atoms with E-state index < -0.39 is 0 Å². The van der Waals surface area contributed by atoms with Crippen molar-refractivity contribution in [3.8, 4) is 0 Å². The number of hydrogen-bond acceptors (Lipinski definition) is 1. The molecule has 2 N–H and O–H groups in total. The van der Waals surface area contributed by atoms with E-state index in [0.717, 1.165) is 12.8 Å². The fraction of sp³-hybridized carbons (Fsp3) is 0.400. The molecule has 0 aliphatic carbocycles. The molecule has 1 aromatic rings. The number of hydrogen-bond donors (Lipinski definition) is 1. The Morgan fingerprint density at radius 2 is 2.08 bits per heavy atom. The second-order valence-corrected chi connectivity index (χ2v) is 5.66. The zero-order valence-corrected chi connectivity index (χ0v) is 11.9. The monoisotopic (exact) mass is 401 g/mol. The highest BCUT2D eigenvalue weighted by atomic mass is 127. The van der Waals surface area contributed by atoms with E-state index in [9.17, 15) is 0 Å². The minimum Gasteiger partial charge on any atom is -0.328 e. The van der Waals surface area contributed by atoms with E-state index in [4.69, 9.17) is 5.73 Å². The van der Waals surface area contributed by atoms with Crippen molar-refractivity contribution in [3.05, 3.63) is 30.9 Å². The molecule has 0 saturated carbocycles. The van der Waals surface area contributed by atoms with E-state index in [2.05, 4.69) is 70.3 Å². The van der Waals surface area contributed by atoms with Gasteiger partial charge in [-0.05, 0) is 88.7 Å². The lowest BCUT2D eigenvalue weighted by Gasteiger charge is -2.07. The maximum Gasteiger partial charge on any atom is 0.0163 e. The third kappa shape index (κ3) is 4.12. The predicted molar refractivity (Wildman–Crippen MR) is 73.8 cm³/mol. The van der Waals surface area contributed by atoms with Crippen LogP contribution in [0.1, 0.15) is 18.9 Å². The molecule has 3 heteroatoms. The first-order valence-electron chi connectivity index (χ1n) is 4.29. The third-order valence-electron chi connectivity index (χ3n) is 1.88. The Hall–Kier alpha value is 0.640. The largest absolute Gasteiger partial charge is 0.328 e. The number of benzene rings is 1. The minimum atomic E-state index is 0.300. The van der Waals surface area contributed by atoms with E-state index in [-0.39, 0.29) is 0 Å². The smallest absolute Gasteiger partial charge is 0.0163 e. The van der Waals surface area contributed by atoms with Crippen molar-refractivity contribution < 1.29 is 0 Å². The number of aryl methyl sites for hydroxylation is 1. The van der Waals surface area contributed by atoms with E-state index in [1.54, 1.807) is 0 Å². The molecule has 0 spiro atoms. The van der Waals surface area contributed by atoms with Gasteiger partial charge in [-0.25, -0.2) is 0 Å². The van der Waals surface area contributed by atoms with Crippen LogP contribution in [-0.4, -0.2) is 6.04 Å². The molecule has 0 saturated heterocycles. The first-order chi connectivity index (χ1) is 6.09. The highest BCUT2D eigenvalue weighted by molar-refractivity contribution is 14.1. The SMILES string of the molecule is CC(N)CCc1cc(I)ccc1I. The van der Waals surface area contributed by atoms with Crippen molar-refractivity contribution >= 4 is 45.2 Å². The Bertz CT molecular complexity index is 284. The maximum atomic E-state index is 5.72. The molecule has 0 aliphatic rings. The molecule has 0 heterocycles. The topological polar surface area (TPSA) is 26.0 Å². The highest BCUT2D eigenvalue weighted by Gasteiger charge is 2.02. The van der Waals surface area contributed by atoms with Crippen LogP contribution in [-0.2, 0) is 6.42 Å². The molecule has 1 unspecified atom stereocenters. The van der Waals surface area contributed by atoms with Gasteiger partial charge in [-0.3, -0.25) is 0 Å². The average molecular weight is 401 g/mol. The molecule has 72 valence electrons. The van der Waals surface area contributed by atoms with Crippen LogP contribution < -0.4 is 5.73 Å². The van der Waals surface area contributed by atoms with Crippen LogP contribution in [0.15, 0.2) is 18.2 Å². The van der Waals surface area contributed by atoms with Crippen LogP contribution in [0.3, 0.4) is 0 Å². The highest BCUT2D eigenvalue weighted by Crippen LogP contribution is 2.17. The van der Waals surface area contributed by atoms with Gasteiger partial charge in [-0.2, -0.15) is 0 Å². The van der Waals surface area contributed by atoms with Gasteiger partial charge in [-0.15, -0.1) is 0 Å². The lowest BCUT2D eigenvalue weighted by molar-refractivity contribution is 0.665. The summed E-state index contributed by atoms with van der Waals surface area (Å²) in [4.78, 5) is 0. The summed E-state index contributed by atoms with van der Waals surface area (Å²) in [5.41, 5.74) is 7.15. The molecular formula is C10H13I2N. The van der Waals surface area contributed by atoms with Gasteiger partial charge in [0.05, 0.1) is 0 Å². The summed E-state index contributed by atoms with van der Waals surface area (Å²) in [6, 6.07) is 6.84. The molecule has 1 rings (SSSR count). The van der Waals surface area contributed by atoms with Gasteiger partial charge < -0.3 is 5.73 Å². The first-order valence-corrected chi connectivity index (χ1v) is 6.45. The molecule has 0 bridgehead atoms. The Morgan fingerprint density at radius 3 is 2.69 bits per heavy atom. The van der Waals surface area contributed by atoms with E-state index in [1.165, 1.54) is 12.7 Å². The van der Waals surface area contributed by atoms with Crippen LogP contribution in [0.4, 0.5) is 0 Å². The van der Waals surface area contributed by atoms with Crippen LogP contribution >= 0.6 is 45.2 Å². The maximum absolute atomic E-state index is 5.72. The number of rotatable bonds is 3. The van der Waals surface area contributed by atoms with Crippen molar-refractivity contribution in [2.75, 3.05) is 0 Å². The second kappa shape index (κ2) is 5.50. The Morgan fingerprint density at radius 1 is 1.38 bits per heavy atom. The summed E-state index contributed by atoms with van der Waals surface area (Å²) < 4.78 is 2.65. The Balaban J connectivity index is 2.70. The van der Waals surface area contributed by atoms with Crippen LogP contribution in [0.25, 0.3) is 0 Å². The minimum absolute atomic E-state index is 0.300. The summed E-state index contributed by atoms with van der Waals surface area (Å²) in [6.45, 7) is 2.06. The first kappa shape index (κ1) is 11.7. The van der Waals surface area contributed by atoms with Crippen molar-refractivity contribution in [2.45, 2.75) is 25.8 Å². The molecule has 1 atom stereocenters. The summed E-state index contributed by atoms with van der Waals surface area (Å²) in [7, 11) is 0. The van der Waals surface area contributed by atoms with Gasteiger partial charge in [0.2, 0.25) is 0 Å². The Labute approximate surface area is 107 Å². The third-order valence-corrected chi connectivity index (χ3v) is 3.60. The van der Waals surface area contributed by atoms with E-state index >= 15 is 0 Å². The normalized spacial score (nSPS) is 12.9. The number of halogens is 2. The van der Waals surface area contributed by atoms with E-state index in [0.29, 0.717) is 6.04 Å². The summed E-state index contributed by atoms with van der Waals surface area (Å²) in [5.74, 6) is 0. The van der Waals surface area contributed by atoms with Gasteiger partial charge in [0.25, 0.3) is 0 Å². The second-order valence-electron chi connectivity index (χ2n) is 3.25. The lowest BCUT2D eigenvalue weighted by Crippen LogP contribution is -2.15. The lowest BCUT2D eigenvalue weighted by atomic mass is 10.1. The van der Waals surface area contributed by atoms with Crippen molar-refractivity contribution in [1.29, 1.82) is 0 Å². The molecule has 0 amide bonds. The molecule has 0 aromatic heterocycles. The molecule has 1 aromatic carbocycles. The van der Waals surface area contributed by atoms with Gasteiger partial charge in [0.1, 0.15) is 0 Å². The summed E-state index contributed by atoms with van der Waals surface area (Å²) in [5, 5.41) is 0. The van der Waals surface area contributed by atoms with Crippen LogP contribution in [0.2, 0.25) is 0 Å². The number of nitrogens with two attached hydrogens (primary N) is 1. The molecule has 0 aliphatic heterocycles. The molecule has 0 radical (unpaired) electrons. The quantitative estimate of drug-likeness (QED) is 0.775. The zero-order valence-electron chi connectivity index (χ0n) is 7.56. The van der Waals surface area contributed by atoms with Gasteiger partial charge in [0, 0.05) is 13.2 Å². The van der Waals surface area contributed by atoms with Crippen LogP contribution in [0.5, 0.6) is 0 Å². The summed E-state index contributed by atoms with van der Waals surface area (Å²) in [6.07, 6.45) is 2.16. The van der Waals surface area contributed by atoms with Gasteiger partial charge >= 0.3 is 0 Å². The van der Waals surface area contributed by atoms with Crippen molar-refractivity contribution in [1.82, 2.24) is 0 Å². The van der Waals surface area contributed by atoms with E-state index in [1.807, 2.05) is 0 Å². The fourth-order valence-corrected chi connectivity index (χ4v) is 2.28. The zero-order chi connectivity index (χ0) is 9.84. The average Bonchev–Trinajstić information content (AvgIpc) is 2.06. The summed E-state index contributed by atoms with van der Waals surface area (Å²) >= 11 is 4.72. The van der Waals surface area contributed by atoms with Gasteiger partial charge in [0.15, 0.2) is 0 Å². The predicted octanol–water partition coefficient (Wildman–Crippen LogP) is 3.18. The Kier molecular flexibility index (Phi) is 4.96. The molecule has 1 nitrogen and oxygen atoms in total. The van der Waals surface area contributed by atoms with Crippen molar-refractivity contribution in [2.24, 2.45) is 5.73 Å².